The van der Waals surface area contributed by atoms with Crippen LogP contribution in [0.3, 0.4) is 0 Å². The van der Waals surface area contributed by atoms with Gasteiger partial charge in [0, 0.05) is 6.20 Å². The van der Waals surface area contributed by atoms with Crippen LogP contribution in [-0.4, -0.2) is 86.3 Å². The van der Waals surface area contributed by atoms with Gasteiger partial charge in [-0.1, -0.05) is 72.8 Å². The van der Waals surface area contributed by atoms with Gasteiger partial charge in [-0.2, -0.15) is 0 Å². The second-order valence-corrected chi connectivity index (χ2v) is 11.9. The van der Waals surface area contributed by atoms with E-state index in [0.29, 0.717) is 0 Å². The molecule has 290 valence electrons. The molecule has 0 saturated carbocycles. The second kappa shape index (κ2) is 20.0. The number of hydrogen-bond donors (Lipinski definition) is 1. The van der Waals surface area contributed by atoms with Gasteiger partial charge in [0.2, 0.25) is 0 Å². The van der Waals surface area contributed by atoms with E-state index in [0.717, 1.165) is 6.20 Å². The molecule has 0 radical (unpaired) electrons. The van der Waals surface area contributed by atoms with E-state index in [9.17, 15) is 28.8 Å². The minimum atomic E-state index is -1.67. The molecule has 0 amide bonds. The van der Waals surface area contributed by atoms with E-state index in [1.807, 2.05) is 0 Å². The first-order valence-electron chi connectivity index (χ1n) is 17.7. The Hall–Kier alpha value is -6.80. The topological polar surface area (TPSA) is 179 Å². The number of carbonyl (C=O) groups is 6. The van der Waals surface area contributed by atoms with E-state index < -0.39 is 78.6 Å². The van der Waals surface area contributed by atoms with Crippen LogP contribution in [-0.2, 0) is 42.7 Å². The van der Waals surface area contributed by atoms with Gasteiger partial charge in [0.05, 0.1) is 35.5 Å². The minimum Gasteiger partial charge on any atom is -0.462 e. The van der Waals surface area contributed by atoms with Gasteiger partial charge in [-0.25, -0.2) is 28.8 Å². The van der Waals surface area contributed by atoms with Gasteiger partial charge in [-0.3, -0.25) is 0 Å². The molecule has 4 aromatic carbocycles. The second-order valence-electron chi connectivity index (χ2n) is 11.9. The first-order chi connectivity index (χ1) is 27.2. The zero-order valence-electron chi connectivity index (χ0n) is 30.4. The van der Waals surface area contributed by atoms with Crippen molar-refractivity contribution in [2.75, 3.05) is 19.8 Å². The lowest BCUT2D eigenvalue weighted by Crippen LogP contribution is -2.65. The summed E-state index contributed by atoms with van der Waals surface area (Å²) >= 11 is 0. The van der Waals surface area contributed by atoms with Crippen molar-refractivity contribution in [1.82, 2.24) is 5.32 Å². The Balaban J connectivity index is 1.62. The highest BCUT2D eigenvalue weighted by Gasteiger charge is 2.53. The Kier molecular flexibility index (Phi) is 14.5. The molecular weight excluding hydrogens is 726 g/mol. The molecule has 5 atom stereocenters. The van der Waals surface area contributed by atoms with Crippen LogP contribution in [0.25, 0.3) is 0 Å². The maximum Gasteiger partial charge on any atom is 0.347 e. The van der Waals surface area contributed by atoms with Crippen molar-refractivity contribution < 1.29 is 61.9 Å². The van der Waals surface area contributed by atoms with Crippen molar-refractivity contribution in [1.29, 1.82) is 0 Å². The highest BCUT2D eigenvalue weighted by Crippen LogP contribution is 2.30. The molecule has 1 aliphatic rings. The zero-order valence-corrected chi connectivity index (χ0v) is 30.4. The summed E-state index contributed by atoms with van der Waals surface area (Å²) in [4.78, 5) is 80.1. The quantitative estimate of drug-likeness (QED) is 0.0571. The summed E-state index contributed by atoms with van der Waals surface area (Å²) in [6.45, 7) is 2.35. The van der Waals surface area contributed by atoms with Crippen LogP contribution in [0.4, 0.5) is 0 Å². The van der Waals surface area contributed by atoms with Crippen LogP contribution in [0.15, 0.2) is 133 Å². The largest absolute Gasteiger partial charge is 0.462 e. The van der Waals surface area contributed by atoms with Crippen molar-refractivity contribution in [3.63, 3.8) is 0 Å². The van der Waals surface area contributed by atoms with Crippen LogP contribution in [0.2, 0.25) is 0 Å². The van der Waals surface area contributed by atoms with Crippen molar-refractivity contribution in [2.24, 2.45) is 0 Å². The minimum absolute atomic E-state index is 0.0757. The fraction of sp³-hybridized carbons (Fsp3) is 0.238. The average Bonchev–Trinajstić information content (AvgIpc) is 3.23. The van der Waals surface area contributed by atoms with Gasteiger partial charge in [0.25, 0.3) is 0 Å². The standard InChI is InChI=1S/C42H39NO13/c1-3-50-41(48)31(42(49)51-4-2)25-43-36-35(56-40(47)30-23-15-8-16-24-30)34(55-39(46)29-21-13-7-14-22-29)33(54-38(45)28-19-11-6-12-20-28)32(53-36)26-52-37(44)27-17-9-5-10-18-27/h5-25,32-36,43H,3-4,26H2,1-2H3/t32-,33+,34+,35-,36-/m1/s1. The summed E-state index contributed by atoms with van der Waals surface area (Å²) in [6, 6.07) is 31.7. The molecule has 5 rings (SSSR count). The molecule has 0 aromatic heterocycles. The molecule has 1 saturated heterocycles. The van der Waals surface area contributed by atoms with E-state index in [1.54, 1.807) is 86.6 Å². The van der Waals surface area contributed by atoms with Gasteiger partial charge >= 0.3 is 35.8 Å². The van der Waals surface area contributed by atoms with Crippen molar-refractivity contribution in [3.8, 4) is 0 Å². The number of hydrogen-bond acceptors (Lipinski definition) is 14. The van der Waals surface area contributed by atoms with Crippen LogP contribution in [0, 0.1) is 0 Å². The molecule has 14 nitrogen and oxygen atoms in total. The first-order valence-corrected chi connectivity index (χ1v) is 17.7. The molecule has 0 unspecified atom stereocenters. The predicted octanol–water partition coefficient (Wildman–Crippen LogP) is 4.84. The van der Waals surface area contributed by atoms with Crippen LogP contribution in [0.1, 0.15) is 55.3 Å². The molecule has 4 aromatic rings. The van der Waals surface area contributed by atoms with Crippen LogP contribution < -0.4 is 5.32 Å². The average molecular weight is 766 g/mol. The van der Waals surface area contributed by atoms with Gasteiger partial charge < -0.3 is 38.5 Å². The molecule has 56 heavy (non-hydrogen) atoms. The number of rotatable bonds is 15. The predicted molar refractivity (Wildman–Crippen MR) is 197 cm³/mol. The Morgan fingerprint density at radius 3 is 1.30 bits per heavy atom. The molecule has 1 aliphatic heterocycles. The molecule has 1 N–H and O–H groups in total. The van der Waals surface area contributed by atoms with E-state index >= 15 is 0 Å². The highest BCUT2D eigenvalue weighted by atomic mass is 16.7. The van der Waals surface area contributed by atoms with Gasteiger partial charge in [-0.15, -0.1) is 0 Å². The summed E-state index contributed by atoms with van der Waals surface area (Å²) in [6.07, 6.45) is -6.96. The lowest BCUT2D eigenvalue weighted by molar-refractivity contribution is -0.233. The Morgan fingerprint density at radius 1 is 0.518 bits per heavy atom. The maximum absolute atomic E-state index is 13.8. The summed E-state index contributed by atoms with van der Waals surface area (Å²) in [5, 5.41) is 2.77. The third-order valence-corrected chi connectivity index (χ3v) is 8.16. The summed E-state index contributed by atoms with van der Waals surface area (Å²) in [5.74, 6) is -5.50. The Labute approximate surface area is 322 Å². The third-order valence-electron chi connectivity index (χ3n) is 8.16. The van der Waals surface area contributed by atoms with Crippen LogP contribution >= 0.6 is 0 Å². The van der Waals surface area contributed by atoms with E-state index in [2.05, 4.69) is 5.32 Å². The number of benzene rings is 4. The number of ether oxygens (including phenoxy) is 7. The molecule has 0 bridgehead atoms. The maximum atomic E-state index is 13.8. The van der Waals surface area contributed by atoms with E-state index in [1.165, 1.54) is 48.5 Å². The normalized spacial score (nSPS) is 18.6. The Bertz CT molecular complexity index is 1970. The lowest BCUT2D eigenvalue weighted by atomic mass is 9.96. The van der Waals surface area contributed by atoms with E-state index in [4.69, 9.17) is 33.2 Å². The Morgan fingerprint density at radius 2 is 0.893 bits per heavy atom. The fourth-order valence-corrected chi connectivity index (χ4v) is 5.49. The molecular formula is C42H39NO13. The van der Waals surface area contributed by atoms with Gasteiger partial charge in [0.1, 0.15) is 12.7 Å². The number of nitrogens with one attached hydrogen (secondary N) is 1. The molecule has 1 fully saturated rings. The summed E-state index contributed by atoms with van der Waals surface area (Å²) in [5.41, 5.74) is -0.0498. The molecule has 0 spiro atoms. The van der Waals surface area contributed by atoms with Crippen molar-refractivity contribution >= 4 is 35.8 Å². The first kappa shape index (κ1) is 40.4. The van der Waals surface area contributed by atoms with Gasteiger partial charge in [0.15, 0.2) is 30.1 Å². The number of carbonyl (C=O) groups excluding carboxylic acids is 6. The monoisotopic (exact) mass is 765 g/mol. The van der Waals surface area contributed by atoms with Gasteiger partial charge in [-0.05, 0) is 62.4 Å². The highest BCUT2D eigenvalue weighted by molar-refractivity contribution is 6.14. The lowest BCUT2D eigenvalue weighted by Gasteiger charge is -2.44. The van der Waals surface area contributed by atoms with Crippen molar-refractivity contribution in [2.45, 2.75) is 44.5 Å². The smallest absolute Gasteiger partial charge is 0.347 e. The zero-order chi connectivity index (χ0) is 39.9. The third kappa shape index (κ3) is 10.7. The SMILES string of the molecule is CCOC(=O)C(=CN[C@@H]1O[C@H](COC(=O)c2ccccc2)[C@H](OC(=O)c2ccccc2)[C@H](OC(=O)c2ccccc2)[C@H]1OC(=O)c1ccccc1)C(=O)OCC. The molecule has 1 heterocycles. The number of esters is 6. The molecule has 0 aliphatic carbocycles. The van der Waals surface area contributed by atoms with Crippen LogP contribution in [0.5, 0.6) is 0 Å². The summed E-state index contributed by atoms with van der Waals surface area (Å²) < 4.78 is 40.1. The fourth-order valence-electron chi connectivity index (χ4n) is 5.49. The van der Waals surface area contributed by atoms with E-state index in [-0.39, 0.29) is 35.5 Å². The summed E-state index contributed by atoms with van der Waals surface area (Å²) in [7, 11) is 0. The molecule has 14 heteroatoms. The van der Waals surface area contributed by atoms with Crippen molar-refractivity contribution in [3.05, 3.63) is 155 Å².